The Morgan fingerprint density at radius 2 is 2.21 bits per heavy atom. The van der Waals surface area contributed by atoms with Gasteiger partial charge in [-0.3, -0.25) is 0 Å². The Kier molecular flexibility index (Phi) is 2.96. The van der Waals surface area contributed by atoms with Gasteiger partial charge < -0.3 is 14.7 Å². The zero-order chi connectivity index (χ0) is 10.7. The molecule has 0 aliphatic heterocycles. The molecule has 0 aliphatic carbocycles. The Morgan fingerprint density at radius 3 is 2.64 bits per heavy atom. The molecule has 0 aromatic carbocycles. The van der Waals surface area contributed by atoms with Crippen molar-refractivity contribution in [1.82, 2.24) is 5.16 Å². The summed E-state index contributed by atoms with van der Waals surface area (Å²) in [6, 6.07) is 1.70. The average molecular weight is 195 g/mol. The van der Waals surface area contributed by atoms with Crippen LogP contribution in [-0.4, -0.2) is 15.4 Å². The highest BCUT2D eigenvalue weighted by atomic mass is 16.5. The van der Waals surface area contributed by atoms with E-state index >= 15 is 0 Å². The van der Waals surface area contributed by atoms with Gasteiger partial charge in [-0.05, 0) is 5.92 Å². The molecule has 0 aliphatic rings. The molecular weight excluding hydrogens is 182 g/mol. The van der Waals surface area contributed by atoms with E-state index in [9.17, 15) is 0 Å². The van der Waals surface area contributed by atoms with Gasteiger partial charge in [0, 0.05) is 12.1 Å². The average Bonchev–Trinajstić information content (AvgIpc) is 2.52. The monoisotopic (exact) mass is 195 g/mol. The van der Waals surface area contributed by atoms with Gasteiger partial charge in [-0.25, -0.2) is 0 Å². The molecule has 1 aromatic rings. The van der Waals surface area contributed by atoms with Gasteiger partial charge in [0.25, 0.3) is 0 Å². The first-order valence-corrected chi connectivity index (χ1v) is 4.26. The smallest absolute Gasteiger partial charge is 0.163 e. The van der Waals surface area contributed by atoms with Crippen molar-refractivity contribution in [3.8, 4) is 0 Å². The van der Waals surface area contributed by atoms with Crippen LogP contribution in [0.2, 0.25) is 0 Å². The van der Waals surface area contributed by atoms with Crippen LogP contribution in [0.15, 0.2) is 28.7 Å². The summed E-state index contributed by atoms with van der Waals surface area (Å²) < 4.78 is 4.91. The number of hydrogen-bond acceptors (Lipinski definition) is 4. The van der Waals surface area contributed by atoms with Crippen LogP contribution in [0.4, 0.5) is 0 Å². The summed E-state index contributed by atoms with van der Waals surface area (Å²) >= 11 is 0. The van der Waals surface area contributed by atoms with E-state index in [1.54, 1.807) is 6.07 Å². The molecule has 0 fully saturated rings. The van der Waals surface area contributed by atoms with E-state index in [4.69, 9.17) is 14.7 Å². The standard InChI is InChI=1S/C10H13NO3/c1-6(2)9-4-8(14-11-9)5-10(13)7(3)12/h4-6,12-13H,3H2,1-2H3/b10-5+. The maximum atomic E-state index is 9.15. The molecule has 0 spiro atoms. The summed E-state index contributed by atoms with van der Waals surface area (Å²) in [6.07, 6.45) is 1.27. The lowest BCUT2D eigenvalue weighted by Crippen LogP contribution is -1.84. The highest BCUT2D eigenvalue weighted by Crippen LogP contribution is 2.16. The largest absolute Gasteiger partial charge is 0.505 e. The van der Waals surface area contributed by atoms with Gasteiger partial charge in [0.15, 0.2) is 11.5 Å². The highest BCUT2D eigenvalue weighted by Gasteiger charge is 2.07. The summed E-state index contributed by atoms with van der Waals surface area (Å²) in [6.45, 7) is 7.13. The van der Waals surface area contributed by atoms with Crippen molar-refractivity contribution in [3.05, 3.63) is 35.6 Å². The first kappa shape index (κ1) is 10.4. The summed E-state index contributed by atoms with van der Waals surface area (Å²) in [5, 5.41) is 21.8. The fourth-order valence-electron chi connectivity index (χ4n) is 0.862. The van der Waals surface area contributed by atoms with Gasteiger partial charge in [-0.15, -0.1) is 0 Å². The second-order valence-electron chi connectivity index (χ2n) is 3.29. The Balaban J connectivity index is 2.88. The minimum atomic E-state index is -0.396. The van der Waals surface area contributed by atoms with Crippen LogP contribution in [0.5, 0.6) is 0 Å². The van der Waals surface area contributed by atoms with Crippen LogP contribution < -0.4 is 0 Å². The number of rotatable bonds is 3. The third-order valence-corrected chi connectivity index (χ3v) is 1.71. The second kappa shape index (κ2) is 4.00. The third-order valence-electron chi connectivity index (χ3n) is 1.71. The van der Waals surface area contributed by atoms with Crippen LogP contribution in [0.25, 0.3) is 6.08 Å². The zero-order valence-electron chi connectivity index (χ0n) is 8.19. The fourth-order valence-corrected chi connectivity index (χ4v) is 0.862. The van der Waals surface area contributed by atoms with Crippen LogP contribution in [-0.2, 0) is 0 Å². The van der Waals surface area contributed by atoms with Crippen molar-refractivity contribution in [2.75, 3.05) is 0 Å². The minimum Gasteiger partial charge on any atom is -0.505 e. The van der Waals surface area contributed by atoms with Crippen LogP contribution in [0, 0.1) is 0 Å². The van der Waals surface area contributed by atoms with Crippen LogP contribution >= 0.6 is 0 Å². The van der Waals surface area contributed by atoms with E-state index < -0.39 is 5.76 Å². The molecule has 2 N–H and O–H groups in total. The zero-order valence-corrected chi connectivity index (χ0v) is 8.19. The van der Waals surface area contributed by atoms with Crippen molar-refractivity contribution in [2.24, 2.45) is 0 Å². The SMILES string of the molecule is C=C(O)/C(O)=C\c1cc(C(C)C)no1. The number of nitrogens with zero attached hydrogens (tertiary/aromatic N) is 1. The number of hydrogen-bond donors (Lipinski definition) is 2. The lowest BCUT2D eigenvalue weighted by Gasteiger charge is -1.93. The first-order valence-electron chi connectivity index (χ1n) is 4.26. The Bertz CT molecular complexity index is 363. The van der Waals surface area contributed by atoms with Crippen molar-refractivity contribution in [3.63, 3.8) is 0 Å². The van der Waals surface area contributed by atoms with Gasteiger partial charge in [0.2, 0.25) is 0 Å². The van der Waals surface area contributed by atoms with E-state index in [1.807, 2.05) is 13.8 Å². The second-order valence-corrected chi connectivity index (χ2v) is 3.29. The summed E-state index contributed by atoms with van der Waals surface area (Å²) in [7, 11) is 0. The van der Waals surface area contributed by atoms with Gasteiger partial charge in [-0.1, -0.05) is 25.6 Å². The van der Waals surface area contributed by atoms with E-state index in [-0.39, 0.29) is 11.7 Å². The fraction of sp³-hybridized carbons (Fsp3) is 0.300. The molecule has 1 heterocycles. The molecule has 0 radical (unpaired) electrons. The third kappa shape index (κ3) is 2.39. The molecule has 14 heavy (non-hydrogen) atoms. The molecule has 0 saturated heterocycles. The Hall–Kier alpha value is -1.71. The first-order chi connectivity index (χ1) is 6.50. The molecule has 4 heteroatoms. The summed E-state index contributed by atoms with van der Waals surface area (Å²) in [4.78, 5) is 0. The Labute approximate surface area is 82.2 Å². The molecule has 0 unspecified atom stereocenters. The molecule has 0 atom stereocenters. The van der Waals surface area contributed by atoms with Gasteiger partial charge in [-0.2, -0.15) is 0 Å². The quantitative estimate of drug-likeness (QED) is 0.574. The Morgan fingerprint density at radius 1 is 1.57 bits per heavy atom. The highest BCUT2D eigenvalue weighted by molar-refractivity contribution is 5.49. The summed E-state index contributed by atoms with van der Waals surface area (Å²) in [5.41, 5.74) is 0.799. The lowest BCUT2D eigenvalue weighted by atomic mass is 10.1. The van der Waals surface area contributed by atoms with Gasteiger partial charge >= 0.3 is 0 Å². The summed E-state index contributed by atoms with van der Waals surface area (Å²) in [5.74, 6) is -0.0641. The predicted octanol–water partition coefficient (Wildman–Crippen LogP) is 2.77. The maximum absolute atomic E-state index is 9.15. The molecule has 4 nitrogen and oxygen atoms in total. The number of aliphatic hydroxyl groups is 2. The van der Waals surface area contributed by atoms with Gasteiger partial charge in [0.1, 0.15) is 5.76 Å². The normalized spacial score (nSPS) is 12.1. The van der Waals surface area contributed by atoms with E-state index in [0.29, 0.717) is 5.76 Å². The van der Waals surface area contributed by atoms with E-state index in [2.05, 4.69) is 11.7 Å². The van der Waals surface area contributed by atoms with Crippen molar-refractivity contribution >= 4 is 6.08 Å². The van der Waals surface area contributed by atoms with Gasteiger partial charge in [0.05, 0.1) is 5.69 Å². The van der Waals surface area contributed by atoms with Crippen molar-refractivity contribution in [2.45, 2.75) is 19.8 Å². The van der Waals surface area contributed by atoms with Crippen LogP contribution in [0.3, 0.4) is 0 Å². The minimum absolute atomic E-state index is 0.264. The molecule has 1 rings (SSSR count). The van der Waals surface area contributed by atoms with Crippen LogP contribution in [0.1, 0.15) is 31.2 Å². The predicted molar refractivity (Wildman–Crippen MR) is 53.0 cm³/mol. The van der Waals surface area contributed by atoms with E-state index in [0.717, 1.165) is 5.69 Å². The molecule has 76 valence electrons. The maximum Gasteiger partial charge on any atom is 0.163 e. The molecule has 0 amide bonds. The van der Waals surface area contributed by atoms with Crippen molar-refractivity contribution < 1.29 is 14.7 Å². The molecular formula is C10H13NO3. The van der Waals surface area contributed by atoms with E-state index in [1.165, 1.54) is 6.08 Å². The lowest BCUT2D eigenvalue weighted by molar-refractivity contribution is 0.330. The number of aromatic nitrogens is 1. The molecule has 0 bridgehead atoms. The molecule has 1 aromatic heterocycles. The topological polar surface area (TPSA) is 66.5 Å². The molecule has 0 saturated carbocycles. The number of aliphatic hydroxyl groups excluding tert-OH is 2. The van der Waals surface area contributed by atoms with Crippen molar-refractivity contribution in [1.29, 1.82) is 0 Å².